The van der Waals surface area contributed by atoms with E-state index >= 15 is 0 Å². The van der Waals surface area contributed by atoms with Gasteiger partial charge in [-0.1, -0.05) is 38.6 Å². The van der Waals surface area contributed by atoms with Crippen molar-refractivity contribution in [1.82, 2.24) is 24.8 Å². The summed E-state index contributed by atoms with van der Waals surface area (Å²) in [4.78, 5) is 23.4. The third-order valence-corrected chi connectivity index (χ3v) is 5.81. The van der Waals surface area contributed by atoms with Crippen molar-refractivity contribution < 1.29 is 13.9 Å². The number of methoxy groups -OCH3 is 1. The van der Waals surface area contributed by atoms with E-state index in [1.54, 1.807) is 18.6 Å². The SMILES string of the molecule is C/C=C(\C)F.C=C(C)c1ccc2ncc(=O)n(Cc3ccc(OC)cc3)c2n1.CC.CNCCN1CCOCC1. The molecular weight excluding hydrogens is 509 g/mol. The minimum absolute atomic E-state index is 0.120. The molecule has 0 unspecified atom stereocenters. The van der Waals surface area contributed by atoms with E-state index in [9.17, 15) is 9.18 Å². The molecule has 0 bridgehead atoms. The van der Waals surface area contributed by atoms with Crippen LogP contribution >= 0.6 is 0 Å². The van der Waals surface area contributed by atoms with Crippen LogP contribution in [-0.2, 0) is 11.3 Å². The van der Waals surface area contributed by atoms with Crippen molar-refractivity contribution in [2.75, 3.05) is 53.6 Å². The topological polar surface area (TPSA) is 81.5 Å². The van der Waals surface area contributed by atoms with E-state index in [1.807, 2.05) is 64.2 Å². The monoisotopic (exact) mass is 555 g/mol. The molecule has 1 N–H and O–H groups in total. The van der Waals surface area contributed by atoms with Crippen molar-refractivity contribution in [2.24, 2.45) is 0 Å². The third kappa shape index (κ3) is 12.2. The van der Waals surface area contributed by atoms with Gasteiger partial charge in [-0.15, -0.1) is 0 Å². The van der Waals surface area contributed by atoms with E-state index in [0.717, 1.165) is 62.0 Å². The summed E-state index contributed by atoms with van der Waals surface area (Å²) in [5.74, 6) is 0.661. The predicted octanol–water partition coefficient (Wildman–Crippen LogP) is 5.33. The highest BCUT2D eigenvalue weighted by Gasteiger charge is 2.09. The number of hydrogen-bond acceptors (Lipinski definition) is 7. The standard InChI is InChI=1S/C18H17N3O2.C7H16N2O.C4H7F.C2H6/c1-12(2)15-8-9-16-18(20-15)21(17(22)10-19-16)11-13-4-6-14(23-3)7-5-13;1-8-2-3-9-4-6-10-7-5-9;1-3-4(2)5;1-2/h4-10H,1,11H2,2-3H3;8H,2-7H2,1H3;3H,1-2H3;1-2H3/b;;4-3+;. The van der Waals surface area contributed by atoms with E-state index in [2.05, 4.69) is 26.8 Å². The summed E-state index contributed by atoms with van der Waals surface area (Å²) in [5, 5.41) is 3.13. The molecule has 2 aromatic heterocycles. The van der Waals surface area contributed by atoms with E-state index < -0.39 is 0 Å². The maximum absolute atomic E-state index is 12.3. The first kappa shape index (κ1) is 34.6. The lowest BCUT2D eigenvalue weighted by molar-refractivity contribution is 0.0386. The number of hydrogen-bond donors (Lipinski definition) is 1. The normalized spacial score (nSPS) is 13.2. The van der Waals surface area contributed by atoms with Crippen molar-refractivity contribution in [3.63, 3.8) is 0 Å². The summed E-state index contributed by atoms with van der Waals surface area (Å²) in [6.07, 6.45) is 2.74. The minimum atomic E-state index is -0.181. The molecule has 0 amide bonds. The van der Waals surface area contributed by atoms with Crippen LogP contribution in [0.1, 0.15) is 45.9 Å². The molecule has 1 fully saturated rings. The molecular formula is C31H46FN5O3. The summed E-state index contributed by atoms with van der Waals surface area (Å²) in [6, 6.07) is 11.3. The minimum Gasteiger partial charge on any atom is -0.497 e. The molecule has 1 aromatic carbocycles. The highest BCUT2D eigenvalue weighted by molar-refractivity contribution is 5.73. The third-order valence-electron chi connectivity index (χ3n) is 5.81. The first-order chi connectivity index (χ1) is 19.3. The number of nitrogens with one attached hydrogen (secondary N) is 1. The number of aromatic nitrogens is 3. The maximum atomic E-state index is 12.3. The number of nitrogens with zero attached hydrogens (tertiary/aromatic N) is 4. The number of morpholine rings is 1. The number of rotatable bonds is 7. The summed E-state index contributed by atoms with van der Waals surface area (Å²) in [6.45, 7) is 19.5. The quantitative estimate of drug-likeness (QED) is 0.422. The Bertz CT molecular complexity index is 1230. The van der Waals surface area contributed by atoms with Gasteiger partial charge in [-0.2, -0.15) is 0 Å². The zero-order valence-electron chi connectivity index (χ0n) is 25.2. The van der Waals surface area contributed by atoms with Crippen LogP contribution in [0, 0.1) is 0 Å². The van der Waals surface area contributed by atoms with Gasteiger partial charge in [0.2, 0.25) is 0 Å². The van der Waals surface area contributed by atoms with Gasteiger partial charge < -0.3 is 14.8 Å². The second-order valence-corrected chi connectivity index (χ2v) is 8.78. The van der Waals surface area contributed by atoms with Gasteiger partial charge in [-0.25, -0.2) is 14.4 Å². The van der Waals surface area contributed by atoms with Crippen LogP contribution in [0.2, 0.25) is 0 Å². The van der Waals surface area contributed by atoms with Gasteiger partial charge in [0.15, 0.2) is 5.65 Å². The van der Waals surface area contributed by atoms with Crippen LogP contribution in [-0.4, -0.2) is 73.0 Å². The number of fused-ring (bicyclic) bond motifs is 1. The molecule has 0 atom stereocenters. The second kappa shape index (κ2) is 19.6. The summed E-state index contributed by atoms with van der Waals surface area (Å²) < 4.78 is 23.3. The Balaban J connectivity index is 0.000000389. The molecule has 220 valence electrons. The molecule has 8 nitrogen and oxygen atoms in total. The Morgan fingerprint density at radius 1 is 1.15 bits per heavy atom. The van der Waals surface area contributed by atoms with Gasteiger partial charge in [0.1, 0.15) is 11.3 Å². The fraction of sp³-hybridized carbons (Fsp3) is 0.452. The van der Waals surface area contributed by atoms with Crippen molar-refractivity contribution in [2.45, 2.75) is 41.2 Å². The number of pyridine rings is 1. The highest BCUT2D eigenvalue weighted by atomic mass is 19.1. The molecule has 0 aliphatic carbocycles. The molecule has 3 aromatic rings. The zero-order chi connectivity index (χ0) is 29.9. The highest BCUT2D eigenvalue weighted by Crippen LogP contribution is 2.16. The molecule has 3 heterocycles. The van der Waals surface area contributed by atoms with Crippen molar-refractivity contribution in [3.8, 4) is 5.75 Å². The van der Waals surface area contributed by atoms with Gasteiger partial charge in [0.05, 0.1) is 44.6 Å². The Kier molecular flexibility index (Phi) is 17.0. The molecule has 0 radical (unpaired) electrons. The van der Waals surface area contributed by atoms with Crippen LogP contribution in [0.5, 0.6) is 5.75 Å². The lowest BCUT2D eigenvalue weighted by atomic mass is 10.2. The molecule has 1 aliphatic heterocycles. The second-order valence-electron chi connectivity index (χ2n) is 8.78. The molecule has 0 spiro atoms. The van der Waals surface area contributed by atoms with Gasteiger partial charge >= 0.3 is 0 Å². The molecule has 9 heteroatoms. The Labute approximate surface area is 238 Å². The number of allylic oxidation sites excluding steroid dienone is 3. The number of halogens is 1. The Morgan fingerprint density at radius 2 is 1.77 bits per heavy atom. The average Bonchev–Trinajstić information content (AvgIpc) is 2.99. The lowest BCUT2D eigenvalue weighted by Gasteiger charge is -2.26. The number of likely N-dealkylation sites (N-methyl/N-ethyl adjacent to an activating group) is 1. The number of benzene rings is 1. The first-order valence-electron chi connectivity index (χ1n) is 13.7. The summed E-state index contributed by atoms with van der Waals surface area (Å²) >= 11 is 0. The lowest BCUT2D eigenvalue weighted by Crippen LogP contribution is -2.39. The summed E-state index contributed by atoms with van der Waals surface area (Å²) in [7, 11) is 3.61. The molecule has 4 rings (SSSR count). The summed E-state index contributed by atoms with van der Waals surface area (Å²) in [5.41, 5.74) is 3.66. The van der Waals surface area contributed by atoms with E-state index in [0.29, 0.717) is 17.7 Å². The average molecular weight is 556 g/mol. The number of ether oxygens (including phenoxy) is 2. The smallest absolute Gasteiger partial charge is 0.270 e. The van der Waals surface area contributed by atoms with Crippen LogP contribution in [0.25, 0.3) is 16.7 Å². The van der Waals surface area contributed by atoms with Crippen molar-refractivity contribution in [3.05, 3.63) is 82.7 Å². The van der Waals surface area contributed by atoms with Crippen LogP contribution in [0.4, 0.5) is 4.39 Å². The fourth-order valence-electron chi connectivity index (χ4n) is 3.44. The van der Waals surface area contributed by atoms with E-state index in [-0.39, 0.29) is 11.4 Å². The van der Waals surface area contributed by atoms with E-state index in [1.165, 1.54) is 19.2 Å². The predicted molar refractivity (Wildman–Crippen MR) is 164 cm³/mol. The van der Waals surface area contributed by atoms with Crippen LogP contribution in [0.15, 0.2) is 65.9 Å². The van der Waals surface area contributed by atoms with Crippen LogP contribution < -0.4 is 15.6 Å². The largest absolute Gasteiger partial charge is 0.497 e. The van der Waals surface area contributed by atoms with Gasteiger partial charge in [0.25, 0.3) is 5.56 Å². The Hall–Kier alpha value is -3.40. The molecule has 1 aliphatic rings. The zero-order valence-corrected chi connectivity index (χ0v) is 25.2. The fourth-order valence-corrected chi connectivity index (χ4v) is 3.44. The van der Waals surface area contributed by atoms with Gasteiger partial charge in [-0.3, -0.25) is 14.3 Å². The molecule has 40 heavy (non-hydrogen) atoms. The van der Waals surface area contributed by atoms with Crippen LogP contribution in [0.3, 0.4) is 0 Å². The van der Waals surface area contributed by atoms with Gasteiger partial charge in [0, 0.05) is 26.2 Å². The van der Waals surface area contributed by atoms with Gasteiger partial charge in [-0.05, 0) is 63.2 Å². The van der Waals surface area contributed by atoms with Crippen molar-refractivity contribution >= 4 is 16.7 Å². The maximum Gasteiger partial charge on any atom is 0.270 e. The molecule has 1 saturated heterocycles. The molecule has 0 saturated carbocycles. The first-order valence-corrected chi connectivity index (χ1v) is 13.7. The Morgan fingerprint density at radius 3 is 2.30 bits per heavy atom. The van der Waals surface area contributed by atoms with E-state index in [4.69, 9.17) is 9.47 Å². The van der Waals surface area contributed by atoms with Crippen molar-refractivity contribution in [1.29, 1.82) is 0 Å².